The summed E-state index contributed by atoms with van der Waals surface area (Å²) >= 11 is 1.70. The molecule has 8 N–H and O–H groups in total. The van der Waals surface area contributed by atoms with Crippen LogP contribution in [0, 0.1) is 10.8 Å². The van der Waals surface area contributed by atoms with Crippen molar-refractivity contribution in [3.63, 3.8) is 0 Å². The Morgan fingerprint density at radius 2 is 1.04 bits per heavy atom. The molecule has 5 rings (SSSR count). The van der Waals surface area contributed by atoms with Crippen LogP contribution in [0.2, 0.25) is 0 Å². The average Bonchev–Trinajstić information content (AvgIpc) is 3.55. The highest BCUT2D eigenvalue weighted by molar-refractivity contribution is 7.18. The van der Waals surface area contributed by atoms with Crippen LogP contribution in [0.15, 0.2) is 97.6 Å². The van der Waals surface area contributed by atoms with E-state index >= 15 is 0 Å². The molecule has 45 heavy (non-hydrogen) atoms. The van der Waals surface area contributed by atoms with Crippen molar-refractivity contribution in [2.45, 2.75) is 12.8 Å². The van der Waals surface area contributed by atoms with Gasteiger partial charge in [-0.05, 0) is 72.5 Å². The summed E-state index contributed by atoms with van der Waals surface area (Å²) in [7, 11) is 0. The Bertz CT molecular complexity index is 1630. The topological polar surface area (TPSA) is 168 Å². The van der Waals surface area contributed by atoms with Gasteiger partial charge in [0.05, 0.1) is 13.2 Å². The number of benzene rings is 2. The van der Waals surface area contributed by atoms with Gasteiger partial charge in [-0.15, -0.1) is 11.3 Å². The van der Waals surface area contributed by atoms with Crippen LogP contribution in [0.3, 0.4) is 0 Å². The summed E-state index contributed by atoms with van der Waals surface area (Å²) in [5, 5.41) is 20.0. The normalized spacial score (nSPS) is 10.7. The highest BCUT2D eigenvalue weighted by atomic mass is 32.1. The molecule has 5 aromatic rings. The van der Waals surface area contributed by atoms with E-state index < -0.39 is 0 Å². The first kappa shape index (κ1) is 31.0. The molecule has 0 aliphatic heterocycles. The molecular weight excluding hydrogens is 584 g/mol. The summed E-state index contributed by atoms with van der Waals surface area (Å²) in [4.78, 5) is 11.3. The van der Waals surface area contributed by atoms with Crippen LogP contribution in [-0.4, -0.2) is 48.2 Å². The van der Waals surface area contributed by atoms with E-state index in [0.717, 1.165) is 67.5 Å². The fraction of sp³-hybridized carbons (Fsp3) is 0.176. The third kappa shape index (κ3) is 9.04. The number of nitrogens with one attached hydrogen (secondary N) is 4. The number of guanidine groups is 2. The molecular formula is C34H36N8O2S. The standard InChI is InChI=1S/C34H36N8O2S/c35-33(36)41-11-3-13-43-29-7-1-5-23(17-29)25-15-27(21-39-19-25)31-9-10-32(45-31)28-16-26(20-40-22-28)24-6-2-8-30(18-24)44-14-4-12-42-34(37)38/h1-2,5-10,15-22H,3-4,11-14H2,(H4,35,36,41)(H4,37,38,42). The monoisotopic (exact) mass is 620 g/mol. The molecule has 0 spiro atoms. The number of nitrogens with two attached hydrogens (primary N) is 2. The van der Waals surface area contributed by atoms with E-state index in [0.29, 0.717) is 26.3 Å². The van der Waals surface area contributed by atoms with Crippen LogP contribution in [0.25, 0.3) is 43.1 Å². The number of thiophene rings is 1. The number of hydrogen-bond acceptors (Lipinski definition) is 7. The van der Waals surface area contributed by atoms with Crippen LogP contribution in [0.4, 0.5) is 0 Å². The minimum Gasteiger partial charge on any atom is -0.494 e. The molecule has 0 amide bonds. The van der Waals surface area contributed by atoms with E-state index in [1.165, 1.54) is 0 Å². The lowest BCUT2D eigenvalue weighted by Crippen LogP contribution is -2.31. The highest BCUT2D eigenvalue weighted by Crippen LogP contribution is 2.37. The van der Waals surface area contributed by atoms with Crippen LogP contribution in [-0.2, 0) is 0 Å². The largest absolute Gasteiger partial charge is 0.494 e. The van der Waals surface area contributed by atoms with Gasteiger partial charge in [0, 0.05) is 69.9 Å². The molecule has 10 nitrogen and oxygen atoms in total. The van der Waals surface area contributed by atoms with Crippen molar-refractivity contribution < 1.29 is 9.47 Å². The molecule has 3 aromatic heterocycles. The van der Waals surface area contributed by atoms with Gasteiger partial charge in [-0.25, -0.2) is 0 Å². The van der Waals surface area contributed by atoms with Gasteiger partial charge < -0.3 is 31.6 Å². The summed E-state index contributed by atoms with van der Waals surface area (Å²) in [6.45, 7) is 2.23. The van der Waals surface area contributed by atoms with Crippen molar-refractivity contribution in [2.24, 2.45) is 11.5 Å². The van der Waals surface area contributed by atoms with Crippen LogP contribution >= 0.6 is 11.3 Å². The lowest BCUT2D eigenvalue weighted by Gasteiger charge is -2.09. The molecule has 0 fully saturated rings. The molecule has 230 valence electrons. The van der Waals surface area contributed by atoms with E-state index in [2.05, 4.69) is 44.9 Å². The Balaban J connectivity index is 1.25. The fourth-order valence-corrected chi connectivity index (χ4v) is 5.58. The van der Waals surface area contributed by atoms with Crippen molar-refractivity contribution in [3.05, 3.63) is 97.6 Å². The van der Waals surface area contributed by atoms with Gasteiger partial charge in [0.2, 0.25) is 0 Å². The van der Waals surface area contributed by atoms with Gasteiger partial charge in [0.25, 0.3) is 0 Å². The Morgan fingerprint density at radius 1 is 0.600 bits per heavy atom. The predicted octanol–water partition coefficient (Wildman–Crippen LogP) is 5.71. The quantitative estimate of drug-likeness (QED) is 0.0521. The predicted molar refractivity (Wildman–Crippen MR) is 182 cm³/mol. The second-order valence-electron chi connectivity index (χ2n) is 10.2. The van der Waals surface area contributed by atoms with Crippen molar-refractivity contribution in [3.8, 4) is 54.6 Å². The molecule has 0 saturated heterocycles. The van der Waals surface area contributed by atoms with Gasteiger partial charge in [-0.2, -0.15) is 0 Å². The lowest BCUT2D eigenvalue weighted by atomic mass is 10.0. The molecule has 0 unspecified atom stereocenters. The summed E-state index contributed by atoms with van der Waals surface area (Å²) in [6, 6.07) is 24.5. The average molecular weight is 621 g/mol. The van der Waals surface area contributed by atoms with Gasteiger partial charge in [-0.3, -0.25) is 20.8 Å². The Morgan fingerprint density at radius 3 is 1.49 bits per heavy atom. The van der Waals surface area contributed by atoms with Crippen LogP contribution in [0.5, 0.6) is 11.5 Å². The molecule has 0 atom stereocenters. The number of aromatic nitrogens is 2. The maximum absolute atomic E-state index is 7.23. The van der Waals surface area contributed by atoms with E-state index in [1.807, 2.05) is 73.3 Å². The van der Waals surface area contributed by atoms with Gasteiger partial charge in [0.1, 0.15) is 11.5 Å². The minimum atomic E-state index is -0.0341. The maximum atomic E-state index is 7.23. The van der Waals surface area contributed by atoms with E-state index in [4.69, 9.17) is 31.8 Å². The molecule has 0 aliphatic rings. The number of hydrogen-bond donors (Lipinski definition) is 6. The fourth-order valence-electron chi connectivity index (χ4n) is 4.61. The zero-order chi connectivity index (χ0) is 31.4. The van der Waals surface area contributed by atoms with E-state index in [9.17, 15) is 0 Å². The summed E-state index contributed by atoms with van der Waals surface area (Å²) in [6.07, 6.45) is 8.98. The number of ether oxygens (including phenoxy) is 2. The highest BCUT2D eigenvalue weighted by Gasteiger charge is 2.10. The second-order valence-corrected chi connectivity index (χ2v) is 11.3. The van der Waals surface area contributed by atoms with E-state index in [1.54, 1.807) is 11.3 Å². The van der Waals surface area contributed by atoms with Crippen molar-refractivity contribution >= 4 is 23.3 Å². The smallest absolute Gasteiger partial charge is 0.185 e. The first-order chi connectivity index (χ1) is 21.9. The second kappa shape index (κ2) is 15.3. The minimum absolute atomic E-state index is 0.0341. The lowest BCUT2D eigenvalue weighted by molar-refractivity contribution is 0.311. The summed E-state index contributed by atoms with van der Waals surface area (Å²) in [5.41, 5.74) is 16.8. The molecule has 11 heteroatoms. The third-order valence-electron chi connectivity index (χ3n) is 6.80. The molecule has 0 radical (unpaired) electrons. The van der Waals surface area contributed by atoms with Crippen LogP contribution in [0.1, 0.15) is 12.8 Å². The van der Waals surface area contributed by atoms with Gasteiger partial charge in [0.15, 0.2) is 11.9 Å². The first-order valence-electron chi connectivity index (χ1n) is 14.6. The molecule has 0 saturated carbocycles. The van der Waals surface area contributed by atoms with Crippen molar-refractivity contribution in [2.75, 3.05) is 26.3 Å². The van der Waals surface area contributed by atoms with Gasteiger partial charge >= 0.3 is 0 Å². The van der Waals surface area contributed by atoms with E-state index in [-0.39, 0.29) is 11.9 Å². The zero-order valence-electron chi connectivity index (χ0n) is 24.8. The molecule has 0 aliphatic carbocycles. The molecule has 2 aromatic carbocycles. The Labute approximate surface area is 266 Å². The summed E-state index contributed by atoms with van der Waals surface area (Å²) < 4.78 is 11.8. The SMILES string of the molecule is N=C(N)NCCCOc1cccc(-c2cncc(-c3ccc(-c4cncc(-c5cccc(OCCCNC(=N)N)c5)c4)s3)c2)c1. The maximum Gasteiger partial charge on any atom is 0.185 e. The number of pyridine rings is 2. The Kier molecular flexibility index (Phi) is 10.6. The third-order valence-corrected chi connectivity index (χ3v) is 7.98. The Hall–Kier alpha value is -5.42. The summed E-state index contributed by atoms with van der Waals surface area (Å²) in [5.74, 6) is 1.50. The van der Waals surface area contributed by atoms with Crippen LogP contribution < -0.4 is 31.6 Å². The zero-order valence-corrected chi connectivity index (χ0v) is 25.6. The first-order valence-corrected chi connectivity index (χ1v) is 15.4. The van der Waals surface area contributed by atoms with Crippen molar-refractivity contribution in [1.82, 2.24) is 20.6 Å². The number of rotatable bonds is 14. The number of nitrogens with zero attached hydrogens (tertiary/aromatic N) is 2. The van der Waals surface area contributed by atoms with Crippen molar-refractivity contribution in [1.29, 1.82) is 10.8 Å². The molecule has 0 bridgehead atoms. The van der Waals surface area contributed by atoms with Gasteiger partial charge in [-0.1, -0.05) is 24.3 Å². The molecule has 3 heterocycles.